The average molecular weight is 305 g/mol. The molecule has 3 N–H and O–H groups in total. The summed E-state index contributed by atoms with van der Waals surface area (Å²) in [5.41, 5.74) is 1.19. The molecular formula is C16H19NO5. The maximum atomic E-state index is 12.3. The minimum absolute atomic E-state index is 0.0715. The first-order valence-corrected chi connectivity index (χ1v) is 7.32. The van der Waals surface area contributed by atoms with Gasteiger partial charge in [0.2, 0.25) is 5.91 Å². The largest absolute Gasteiger partial charge is 0.481 e. The number of aliphatic carboxylic acids is 2. The van der Waals surface area contributed by atoms with Crippen LogP contribution < -0.4 is 5.32 Å². The molecule has 0 radical (unpaired) electrons. The molecule has 22 heavy (non-hydrogen) atoms. The molecule has 0 saturated heterocycles. The molecule has 0 heterocycles. The summed E-state index contributed by atoms with van der Waals surface area (Å²) >= 11 is 0. The Morgan fingerprint density at radius 3 is 2.14 bits per heavy atom. The van der Waals surface area contributed by atoms with Crippen LogP contribution in [0.4, 0.5) is 5.69 Å². The second-order valence-electron chi connectivity index (χ2n) is 5.59. The standard InChI is InChI=1S/C16H19NO5/c18-14(19)9-10-5-7-11(8-6-10)17-15(20)12-3-1-2-4-13(12)16(21)22/h5-8,12-13H,1-4,9H2,(H,17,20)(H,18,19)(H,21,22)/t12-,13+/m0/s1. The minimum atomic E-state index is -0.920. The highest BCUT2D eigenvalue weighted by atomic mass is 16.4. The average Bonchev–Trinajstić information content (AvgIpc) is 2.48. The number of hydrogen-bond donors (Lipinski definition) is 3. The van der Waals surface area contributed by atoms with Crippen molar-refractivity contribution in [2.75, 3.05) is 5.32 Å². The van der Waals surface area contributed by atoms with Crippen LogP contribution in [0, 0.1) is 11.8 Å². The topological polar surface area (TPSA) is 104 Å². The van der Waals surface area contributed by atoms with E-state index >= 15 is 0 Å². The molecule has 1 fully saturated rings. The highest BCUT2D eigenvalue weighted by molar-refractivity contribution is 5.95. The van der Waals surface area contributed by atoms with Gasteiger partial charge in [0, 0.05) is 5.69 Å². The molecule has 0 aliphatic heterocycles. The molecule has 1 aliphatic rings. The zero-order valence-corrected chi connectivity index (χ0v) is 12.1. The van der Waals surface area contributed by atoms with Crippen molar-refractivity contribution in [1.82, 2.24) is 0 Å². The van der Waals surface area contributed by atoms with Crippen LogP contribution in [-0.4, -0.2) is 28.1 Å². The third kappa shape index (κ3) is 4.07. The number of benzene rings is 1. The van der Waals surface area contributed by atoms with Gasteiger partial charge in [-0.1, -0.05) is 25.0 Å². The van der Waals surface area contributed by atoms with Crippen molar-refractivity contribution < 1.29 is 24.6 Å². The number of nitrogens with one attached hydrogen (secondary N) is 1. The first-order valence-electron chi connectivity index (χ1n) is 7.32. The van der Waals surface area contributed by atoms with Gasteiger partial charge in [-0.25, -0.2) is 0 Å². The fourth-order valence-electron chi connectivity index (χ4n) is 2.86. The summed E-state index contributed by atoms with van der Waals surface area (Å²) in [6.45, 7) is 0. The molecule has 2 rings (SSSR count). The predicted molar refractivity (Wildman–Crippen MR) is 79.5 cm³/mol. The number of hydrogen-bond acceptors (Lipinski definition) is 3. The Kier molecular flexibility index (Phi) is 5.14. The third-order valence-electron chi connectivity index (χ3n) is 4.00. The van der Waals surface area contributed by atoms with E-state index < -0.39 is 23.8 Å². The molecule has 6 nitrogen and oxygen atoms in total. The van der Waals surface area contributed by atoms with Crippen LogP contribution in [-0.2, 0) is 20.8 Å². The van der Waals surface area contributed by atoms with E-state index in [9.17, 15) is 19.5 Å². The van der Waals surface area contributed by atoms with Crippen LogP contribution in [0.2, 0.25) is 0 Å². The lowest BCUT2D eigenvalue weighted by Crippen LogP contribution is -2.36. The van der Waals surface area contributed by atoms with E-state index in [1.54, 1.807) is 24.3 Å². The predicted octanol–water partition coefficient (Wildman–Crippen LogP) is 2.14. The van der Waals surface area contributed by atoms with Crippen LogP contribution in [0.3, 0.4) is 0 Å². The van der Waals surface area contributed by atoms with Gasteiger partial charge in [0.25, 0.3) is 0 Å². The van der Waals surface area contributed by atoms with E-state index in [0.717, 1.165) is 12.8 Å². The zero-order valence-electron chi connectivity index (χ0n) is 12.1. The van der Waals surface area contributed by atoms with Crippen molar-refractivity contribution in [3.05, 3.63) is 29.8 Å². The number of carboxylic acids is 2. The van der Waals surface area contributed by atoms with Crippen molar-refractivity contribution in [2.24, 2.45) is 11.8 Å². The fraction of sp³-hybridized carbons (Fsp3) is 0.438. The summed E-state index contributed by atoms with van der Waals surface area (Å²) in [5, 5.41) is 20.6. The summed E-state index contributed by atoms with van der Waals surface area (Å²) in [4.78, 5) is 34.1. The number of carboxylic acid groups (broad SMARTS) is 2. The van der Waals surface area contributed by atoms with Crippen molar-refractivity contribution >= 4 is 23.5 Å². The van der Waals surface area contributed by atoms with Crippen molar-refractivity contribution in [3.63, 3.8) is 0 Å². The number of rotatable bonds is 5. The molecular weight excluding hydrogens is 286 g/mol. The molecule has 6 heteroatoms. The van der Waals surface area contributed by atoms with E-state index in [1.807, 2.05) is 0 Å². The highest BCUT2D eigenvalue weighted by Crippen LogP contribution is 2.31. The fourth-order valence-corrected chi connectivity index (χ4v) is 2.86. The maximum Gasteiger partial charge on any atom is 0.307 e. The molecule has 1 aromatic carbocycles. The van der Waals surface area contributed by atoms with E-state index in [2.05, 4.69) is 5.32 Å². The van der Waals surface area contributed by atoms with E-state index in [0.29, 0.717) is 24.1 Å². The Hall–Kier alpha value is -2.37. The Balaban J connectivity index is 2.01. The molecule has 1 aliphatic carbocycles. The molecule has 1 saturated carbocycles. The molecule has 0 aromatic heterocycles. The highest BCUT2D eigenvalue weighted by Gasteiger charge is 2.35. The van der Waals surface area contributed by atoms with E-state index in [4.69, 9.17) is 5.11 Å². The summed E-state index contributed by atoms with van der Waals surface area (Å²) in [6.07, 6.45) is 2.74. The van der Waals surface area contributed by atoms with Crippen LogP contribution in [0.15, 0.2) is 24.3 Å². The normalized spacial score (nSPS) is 21.1. The van der Waals surface area contributed by atoms with Crippen LogP contribution in [0.25, 0.3) is 0 Å². The quantitative estimate of drug-likeness (QED) is 0.773. The second kappa shape index (κ2) is 7.06. The van der Waals surface area contributed by atoms with Gasteiger partial charge in [0.15, 0.2) is 0 Å². The van der Waals surface area contributed by atoms with Gasteiger partial charge in [0.05, 0.1) is 18.3 Å². The van der Waals surface area contributed by atoms with Crippen LogP contribution >= 0.6 is 0 Å². The van der Waals surface area contributed by atoms with Gasteiger partial charge in [-0.05, 0) is 30.5 Å². The Morgan fingerprint density at radius 1 is 1.00 bits per heavy atom. The Morgan fingerprint density at radius 2 is 1.59 bits per heavy atom. The SMILES string of the molecule is O=C(O)Cc1ccc(NC(=O)[C@H]2CCCC[C@H]2C(=O)O)cc1. The number of carbonyl (C=O) groups excluding carboxylic acids is 1. The van der Waals surface area contributed by atoms with Gasteiger partial charge in [-0.2, -0.15) is 0 Å². The summed E-state index contributed by atoms with van der Waals surface area (Å²) < 4.78 is 0. The van der Waals surface area contributed by atoms with Gasteiger partial charge in [-0.15, -0.1) is 0 Å². The zero-order chi connectivity index (χ0) is 16.1. The summed E-state index contributed by atoms with van der Waals surface area (Å²) in [6, 6.07) is 6.54. The van der Waals surface area contributed by atoms with E-state index in [-0.39, 0.29) is 12.3 Å². The monoisotopic (exact) mass is 305 g/mol. The van der Waals surface area contributed by atoms with E-state index in [1.165, 1.54) is 0 Å². The third-order valence-corrected chi connectivity index (χ3v) is 4.00. The molecule has 0 unspecified atom stereocenters. The number of amides is 1. The molecule has 0 spiro atoms. The van der Waals surface area contributed by atoms with Crippen LogP contribution in [0.1, 0.15) is 31.2 Å². The summed E-state index contributed by atoms with van der Waals surface area (Å²) in [5.74, 6) is -3.25. The smallest absolute Gasteiger partial charge is 0.307 e. The maximum absolute atomic E-state index is 12.3. The van der Waals surface area contributed by atoms with Crippen LogP contribution in [0.5, 0.6) is 0 Å². The number of carbonyl (C=O) groups is 3. The first kappa shape index (κ1) is 16.0. The molecule has 1 aromatic rings. The summed E-state index contributed by atoms with van der Waals surface area (Å²) in [7, 11) is 0. The number of anilines is 1. The molecule has 0 bridgehead atoms. The Bertz CT molecular complexity index is 566. The van der Waals surface area contributed by atoms with Gasteiger partial charge in [0.1, 0.15) is 0 Å². The first-order chi connectivity index (χ1) is 10.5. The van der Waals surface area contributed by atoms with Crippen molar-refractivity contribution in [1.29, 1.82) is 0 Å². The minimum Gasteiger partial charge on any atom is -0.481 e. The van der Waals surface area contributed by atoms with Gasteiger partial charge in [-0.3, -0.25) is 14.4 Å². The lowest BCUT2D eigenvalue weighted by molar-refractivity contribution is -0.147. The molecule has 2 atom stereocenters. The second-order valence-corrected chi connectivity index (χ2v) is 5.59. The van der Waals surface area contributed by atoms with Gasteiger partial charge >= 0.3 is 11.9 Å². The lowest BCUT2D eigenvalue weighted by atomic mass is 9.78. The van der Waals surface area contributed by atoms with Crippen molar-refractivity contribution in [3.8, 4) is 0 Å². The lowest BCUT2D eigenvalue weighted by Gasteiger charge is -2.27. The van der Waals surface area contributed by atoms with Crippen molar-refractivity contribution in [2.45, 2.75) is 32.1 Å². The molecule has 118 valence electrons. The molecule has 1 amide bonds. The van der Waals surface area contributed by atoms with Gasteiger partial charge < -0.3 is 15.5 Å². The Labute approximate surface area is 128 Å².